The molecule has 0 rings (SSSR count). The molecule has 0 aromatic rings. The van der Waals surface area contributed by atoms with Crippen LogP contribution in [-0.2, 0) is 19.1 Å². The van der Waals surface area contributed by atoms with Crippen LogP contribution in [0.4, 0.5) is 0 Å². The van der Waals surface area contributed by atoms with Gasteiger partial charge in [0.2, 0.25) is 5.91 Å². The van der Waals surface area contributed by atoms with E-state index in [4.69, 9.17) is 10.5 Å². The molecule has 2 unspecified atom stereocenters. The summed E-state index contributed by atoms with van der Waals surface area (Å²) in [6.45, 7) is 4.81. The normalized spacial score (nSPS) is 13.2. The van der Waals surface area contributed by atoms with Crippen molar-refractivity contribution in [1.29, 1.82) is 0 Å². The van der Waals surface area contributed by atoms with E-state index in [0.717, 1.165) is 77.0 Å². The highest BCUT2D eigenvalue weighted by Gasteiger charge is 2.18. The maximum Gasteiger partial charge on any atom is 0.326 e. The number of carbonyl (C=O) groups is 3. The summed E-state index contributed by atoms with van der Waals surface area (Å²) in [6, 6.07) is -0.858. The summed E-state index contributed by atoms with van der Waals surface area (Å²) in [4.78, 5) is 36.1. The Kier molecular flexibility index (Phi) is 35.6. The van der Waals surface area contributed by atoms with Crippen LogP contribution in [0, 0.1) is 0 Å². The van der Waals surface area contributed by atoms with Gasteiger partial charge in [-0.05, 0) is 96.1 Å². The number of carbonyl (C=O) groups excluding carboxylic acids is 2. The Morgan fingerprint density at radius 3 is 1.76 bits per heavy atom. The van der Waals surface area contributed by atoms with E-state index in [1.165, 1.54) is 70.6 Å². The number of ether oxygens (including phenoxy) is 1. The summed E-state index contributed by atoms with van der Waals surface area (Å²) in [6.07, 6.45) is 44.6. The summed E-state index contributed by atoms with van der Waals surface area (Å²) >= 11 is 0. The highest BCUT2D eigenvalue weighted by molar-refractivity contribution is 5.83. The lowest BCUT2D eigenvalue weighted by molar-refractivity contribution is -0.147. The quantitative estimate of drug-likeness (QED) is 0.0340. The predicted molar refractivity (Wildman–Crippen MR) is 211 cm³/mol. The van der Waals surface area contributed by atoms with Gasteiger partial charge in [0.05, 0.1) is 0 Å². The Morgan fingerprint density at radius 2 is 1.16 bits per heavy atom. The molecule has 0 radical (unpaired) electrons. The average Bonchev–Trinajstić information content (AvgIpc) is 3.10. The number of carboxylic acid groups (broad SMARTS) is 1. The zero-order valence-electron chi connectivity index (χ0n) is 32.2. The number of nitrogens with two attached hydrogens (primary N) is 1. The van der Waals surface area contributed by atoms with E-state index in [1.807, 2.05) is 0 Å². The number of unbranched alkanes of at least 4 members (excludes halogenated alkanes) is 16. The zero-order chi connectivity index (χ0) is 36.8. The molecule has 0 aromatic carbocycles. The Balaban J connectivity index is 4.30. The Hall–Kier alpha value is -2.67. The van der Waals surface area contributed by atoms with Crippen LogP contribution in [0.1, 0.15) is 187 Å². The van der Waals surface area contributed by atoms with Crippen molar-refractivity contribution in [2.24, 2.45) is 5.73 Å². The summed E-state index contributed by atoms with van der Waals surface area (Å²) < 4.78 is 5.91. The smallest absolute Gasteiger partial charge is 0.326 e. The molecule has 0 bridgehead atoms. The van der Waals surface area contributed by atoms with Crippen molar-refractivity contribution >= 4 is 17.8 Å². The number of hydrogen-bond donors (Lipinski definition) is 3. The second kappa shape index (κ2) is 37.6. The minimum Gasteiger partial charge on any atom is -0.480 e. The molecule has 4 N–H and O–H groups in total. The van der Waals surface area contributed by atoms with Gasteiger partial charge in [-0.2, -0.15) is 0 Å². The Labute approximate surface area is 307 Å². The fraction of sp³-hybridized carbons (Fsp3) is 0.744. The first-order chi connectivity index (χ1) is 24.4. The van der Waals surface area contributed by atoms with E-state index in [0.29, 0.717) is 32.2 Å². The van der Waals surface area contributed by atoms with Gasteiger partial charge in [0.25, 0.3) is 0 Å². The molecule has 50 heavy (non-hydrogen) atoms. The molecule has 288 valence electrons. The summed E-state index contributed by atoms with van der Waals surface area (Å²) in [5, 5.41) is 11.9. The maximum absolute atomic E-state index is 12.7. The van der Waals surface area contributed by atoms with E-state index in [-0.39, 0.29) is 18.0 Å². The first-order valence-electron chi connectivity index (χ1n) is 20.5. The van der Waals surface area contributed by atoms with Gasteiger partial charge in [-0.15, -0.1) is 0 Å². The number of aliphatic carboxylic acids is 1. The van der Waals surface area contributed by atoms with Crippen LogP contribution in [0.5, 0.6) is 0 Å². The molecule has 0 spiro atoms. The second-order valence-corrected chi connectivity index (χ2v) is 13.7. The van der Waals surface area contributed by atoms with Crippen LogP contribution in [0.2, 0.25) is 0 Å². The summed E-state index contributed by atoms with van der Waals surface area (Å²) in [5.74, 6) is -1.31. The molecule has 0 aliphatic heterocycles. The van der Waals surface area contributed by atoms with Gasteiger partial charge < -0.3 is 20.9 Å². The molecule has 0 fully saturated rings. The average molecular weight is 701 g/mol. The third-order valence-electron chi connectivity index (χ3n) is 8.86. The number of esters is 1. The minimum atomic E-state index is -1.01. The van der Waals surface area contributed by atoms with E-state index in [9.17, 15) is 19.5 Å². The molecule has 0 aliphatic carbocycles. The van der Waals surface area contributed by atoms with Gasteiger partial charge >= 0.3 is 11.9 Å². The molecule has 7 heteroatoms. The number of hydrogen-bond acceptors (Lipinski definition) is 5. The van der Waals surface area contributed by atoms with E-state index >= 15 is 0 Å². The van der Waals surface area contributed by atoms with Crippen LogP contribution in [0.25, 0.3) is 0 Å². The lowest BCUT2D eigenvalue weighted by atomic mass is 10.0. The van der Waals surface area contributed by atoms with Gasteiger partial charge in [-0.3, -0.25) is 9.59 Å². The second-order valence-electron chi connectivity index (χ2n) is 13.7. The molecule has 0 aromatic heterocycles. The molecular weight excluding hydrogens is 624 g/mol. The molecule has 2 atom stereocenters. The number of carboxylic acids is 1. The zero-order valence-corrected chi connectivity index (χ0v) is 32.2. The maximum atomic E-state index is 12.7. The van der Waals surface area contributed by atoms with Crippen molar-refractivity contribution < 1.29 is 24.2 Å². The van der Waals surface area contributed by atoms with E-state index < -0.39 is 12.0 Å². The van der Waals surface area contributed by atoms with E-state index in [1.54, 1.807) is 0 Å². The molecule has 1 amide bonds. The van der Waals surface area contributed by atoms with Crippen LogP contribution in [0.3, 0.4) is 0 Å². The summed E-state index contributed by atoms with van der Waals surface area (Å²) in [7, 11) is 0. The largest absolute Gasteiger partial charge is 0.480 e. The lowest BCUT2D eigenvalue weighted by Gasteiger charge is -2.15. The van der Waals surface area contributed by atoms with Crippen molar-refractivity contribution in [1.82, 2.24) is 5.32 Å². The highest BCUT2D eigenvalue weighted by Crippen LogP contribution is 2.15. The topological polar surface area (TPSA) is 119 Å². The molecule has 0 saturated carbocycles. The Bertz CT molecular complexity index is 926. The predicted octanol–water partition coefficient (Wildman–Crippen LogP) is 11.2. The monoisotopic (exact) mass is 701 g/mol. The number of amides is 1. The number of allylic oxidation sites excluding steroid dienone is 7. The van der Waals surface area contributed by atoms with Crippen LogP contribution < -0.4 is 11.1 Å². The molecule has 7 nitrogen and oxygen atoms in total. The lowest BCUT2D eigenvalue weighted by Crippen LogP contribution is -2.40. The Morgan fingerprint density at radius 1 is 0.620 bits per heavy atom. The molecular formula is C43H76N2O5. The van der Waals surface area contributed by atoms with Crippen LogP contribution in [-0.4, -0.2) is 41.6 Å². The third-order valence-corrected chi connectivity index (χ3v) is 8.86. The van der Waals surface area contributed by atoms with Crippen LogP contribution in [0.15, 0.2) is 48.6 Å². The van der Waals surface area contributed by atoms with Gasteiger partial charge in [0.1, 0.15) is 12.1 Å². The first kappa shape index (κ1) is 47.3. The van der Waals surface area contributed by atoms with Crippen molar-refractivity contribution in [3.63, 3.8) is 0 Å². The van der Waals surface area contributed by atoms with Gasteiger partial charge in [-0.25, -0.2) is 4.79 Å². The minimum absolute atomic E-state index is 0.0936. The van der Waals surface area contributed by atoms with Crippen molar-refractivity contribution in [2.45, 2.75) is 199 Å². The molecule has 0 heterocycles. The van der Waals surface area contributed by atoms with Gasteiger partial charge in [0.15, 0.2) is 0 Å². The standard InChI is InChI=1S/C43H76N2O5/c1-3-5-7-9-11-13-14-15-16-17-18-19-21-27-31-37-42(47)50-39(33-28-24-20-12-10-8-6-4-2)34-29-25-22-23-26-30-36-41(46)45-40(43(48)49)35-32-38-44/h6,8,12,15-16,20,28,33,39-40H,3-5,7,9-11,13-14,17-19,21-27,29-32,34-38,44H2,1-2H3,(H,45,46)(H,48,49)/b8-6-,16-15-,20-12-,33-28-. The van der Waals surface area contributed by atoms with Crippen molar-refractivity contribution in [2.75, 3.05) is 6.54 Å². The summed E-state index contributed by atoms with van der Waals surface area (Å²) in [5.41, 5.74) is 5.47. The molecule has 0 saturated heterocycles. The van der Waals surface area contributed by atoms with Crippen molar-refractivity contribution in [3.05, 3.63) is 48.6 Å². The fourth-order valence-electron chi connectivity index (χ4n) is 5.79. The number of rotatable bonds is 36. The number of nitrogens with one attached hydrogen (secondary N) is 1. The van der Waals surface area contributed by atoms with Crippen LogP contribution >= 0.6 is 0 Å². The van der Waals surface area contributed by atoms with E-state index in [2.05, 4.69) is 67.8 Å². The third kappa shape index (κ3) is 33.8. The van der Waals surface area contributed by atoms with Gasteiger partial charge in [-0.1, -0.05) is 133 Å². The highest BCUT2D eigenvalue weighted by atomic mass is 16.5. The first-order valence-corrected chi connectivity index (χ1v) is 20.5. The van der Waals surface area contributed by atoms with Crippen molar-refractivity contribution in [3.8, 4) is 0 Å². The molecule has 0 aliphatic rings. The SMILES string of the molecule is CC/C=C\C/C=C\C/C=C\C(CCCCCCCCC(=O)NC(CCCN)C(=O)O)OC(=O)CCCCCCC/C=C\CCCCCCCC. The van der Waals surface area contributed by atoms with Gasteiger partial charge in [0, 0.05) is 12.8 Å². The fourth-order valence-corrected chi connectivity index (χ4v) is 5.79.